The minimum absolute atomic E-state index is 0.366. The average molecular weight is 334 g/mol. The molecule has 0 atom stereocenters. The quantitative estimate of drug-likeness (QED) is 0.530. The topological polar surface area (TPSA) is 44.8 Å². The predicted molar refractivity (Wildman–Crippen MR) is 64.8 cm³/mol. The highest BCUT2D eigenvalue weighted by Gasteiger charge is 2.27. The Bertz CT molecular complexity index is 219. The van der Waals surface area contributed by atoms with Crippen molar-refractivity contribution < 1.29 is 18.3 Å². The van der Waals surface area contributed by atoms with Crippen LogP contribution in [0.4, 0.5) is 0 Å². The van der Waals surface area contributed by atoms with E-state index in [1.165, 1.54) is 0 Å². The Labute approximate surface area is 98.7 Å². The summed E-state index contributed by atoms with van der Waals surface area (Å²) in [6.45, 7) is 4.70. The van der Waals surface area contributed by atoms with Gasteiger partial charge in [-0.25, -0.2) is 0 Å². The molecule has 6 heteroatoms. The molecule has 0 aliphatic rings. The first-order valence-corrected chi connectivity index (χ1v) is 6.97. The second-order valence-corrected chi connectivity index (χ2v) is 6.32. The van der Waals surface area contributed by atoms with Gasteiger partial charge in [0.15, 0.2) is 0 Å². The second-order valence-electron chi connectivity index (χ2n) is 2.32. The fourth-order valence-electron chi connectivity index (χ4n) is 0.764. The number of hydrogen-bond acceptors (Lipinski definition) is 4. The molecule has 0 rings (SSSR count). The van der Waals surface area contributed by atoms with Gasteiger partial charge in [-0.1, -0.05) is 0 Å². The van der Waals surface area contributed by atoms with Crippen LogP contribution in [-0.2, 0) is 18.3 Å². The highest BCUT2D eigenvalue weighted by Crippen LogP contribution is 2.58. The van der Waals surface area contributed by atoms with Crippen molar-refractivity contribution in [2.45, 2.75) is 13.8 Å². The van der Waals surface area contributed by atoms with Crippen LogP contribution >= 0.6 is 30.2 Å². The first kappa shape index (κ1) is 14.6. The number of hydrogen-bond donors (Lipinski definition) is 0. The summed E-state index contributed by atoms with van der Waals surface area (Å²) in [6, 6.07) is 0. The zero-order chi connectivity index (χ0) is 11.0. The van der Waals surface area contributed by atoms with E-state index in [4.69, 9.17) is 13.8 Å². The first-order chi connectivity index (χ1) is 6.60. The fourth-order valence-corrected chi connectivity index (χ4v) is 3.08. The maximum Gasteiger partial charge on any atom is 0.367 e. The molecule has 0 aliphatic carbocycles. The molecule has 0 aromatic carbocycles. The fraction of sp³-hybridized carbons (Fsp3) is 0.750. The molecule has 0 amide bonds. The molecule has 0 radical (unpaired) electrons. The lowest BCUT2D eigenvalue weighted by Crippen LogP contribution is -1.96. The van der Waals surface area contributed by atoms with Crippen LogP contribution in [-0.4, -0.2) is 26.9 Å². The zero-order valence-corrected chi connectivity index (χ0v) is 11.7. The summed E-state index contributed by atoms with van der Waals surface area (Å²) in [6.07, 6.45) is 1.70. The van der Waals surface area contributed by atoms with Gasteiger partial charge in [0.05, 0.1) is 19.8 Å². The standard InChI is InChI=1S/C8H16IO4P/c1-4-12-14(10,13-5-2)8(9)6-7-11-3/h6H,4-5,7H2,1-3H3/b8-6-. The van der Waals surface area contributed by atoms with Gasteiger partial charge >= 0.3 is 7.60 Å². The predicted octanol–water partition coefficient (Wildman–Crippen LogP) is 3.18. The normalized spacial score (nSPS) is 13.3. The lowest BCUT2D eigenvalue weighted by Gasteiger charge is -2.16. The van der Waals surface area contributed by atoms with Crippen molar-refractivity contribution in [2.75, 3.05) is 26.9 Å². The third-order valence-electron chi connectivity index (χ3n) is 1.28. The van der Waals surface area contributed by atoms with Crippen molar-refractivity contribution in [1.82, 2.24) is 0 Å². The van der Waals surface area contributed by atoms with E-state index < -0.39 is 7.60 Å². The van der Waals surface area contributed by atoms with Gasteiger partial charge < -0.3 is 13.8 Å². The summed E-state index contributed by atoms with van der Waals surface area (Å²) in [4.78, 5) is 0. The molecule has 0 spiro atoms. The van der Waals surface area contributed by atoms with E-state index >= 15 is 0 Å². The van der Waals surface area contributed by atoms with Gasteiger partial charge in [0.2, 0.25) is 0 Å². The largest absolute Gasteiger partial charge is 0.381 e. The van der Waals surface area contributed by atoms with Crippen molar-refractivity contribution >= 4 is 30.2 Å². The maximum absolute atomic E-state index is 12.0. The Kier molecular flexibility index (Phi) is 8.14. The molecule has 0 aromatic rings. The highest BCUT2D eigenvalue weighted by atomic mass is 127. The maximum atomic E-state index is 12.0. The van der Waals surface area contributed by atoms with Gasteiger partial charge in [-0.05, 0) is 42.5 Å². The number of halogens is 1. The molecule has 0 unspecified atom stereocenters. The minimum Gasteiger partial charge on any atom is -0.381 e. The van der Waals surface area contributed by atoms with Crippen LogP contribution in [0.1, 0.15) is 13.8 Å². The van der Waals surface area contributed by atoms with Crippen molar-refractivity contribution in [2.24, 2.45) is 0 Å². The monoisotopic (exact) mass is 334 g/mol. The lowest BCUT2D eigenvalue weighted by atomic mass is 10.7. The van der Waals surface area contributed by atoms with Crippen LogP contribution in [0, 0.1) is 0 Å². The van der Waals surface area contributed by atoms with E-state index in [9.17, 15) is 4.57 Å². The second kappa shape index (κ2) is 7.82. The van der Waals surface area contributed by atoms with Gasteiger partial charge in [0.25, 0.3) is 0 Å². The molecule has 0 fully saturated rings. The Hall–Kier alpha value is 0.580. The van der Waals surface area contributed by atoms with E-state index in [1.807, 2.05) is 22.6 Å². The van der Waals surface area contributed by atoms with Gasteiger partial charge in [-0.15, -0.1) is 0 Å². The van der Waals surface area contributed by atoms with Crippen molar-refractivity contribution in [3.63, 3.8) is 0 Å². The molecule has 0 N–H and O–H groups in total. The van der Waals surface area contributed by atoms with Crippen molar-refractivity contribution in [3.05, 3.63) is 9.40 Å². The van der Waals surface area contributed by atoms with E-state index in [2.05, 4.69) is 0 Å². The number of rotatable bonds is 7. The molecule has 0 saturated carbocycles. The first-order valence-electron chi connectivity index (χ1n) is 4.35. The summed E-state index contributed by atoms with van der Waals surface area (Å²) in [5, 5.41) is 0. The molecule has 14 heavy (non-hydrogen) atoms. The molecule has 0 bridgehead atoms. The highest BCUT2D eigenvalue weighted by molar-refractivity contribution is 14.1. The van der Waals surface area contributed by atoms with E-state index in [-0.39, 0.29) is 0 Å². The van der Waals surface area contributed by atoms with Crippen molar-refractivity contribution in [3.8, 4) is 0 Å². The van der Waals surface area contributed by atoms with Crippen LogP contribution in [0.25, 0.3) is 0 Å². The zero-order valence-electron chi connectivity index (χ0n) is 8.66. The summed E-state index contributed by atoms with van der Waals surface area (Å²) in [5.74, 6) is 0. The number of ether oxygens (including phenoxy) is 1. The van der Waals surface area contributed by atoms with Gasteiger partial charge in [-0.2, -0.15) is 0 Å². The summed E-state index contributed by atoms with van der Waals surface area (Å²) < 4.78 is 27.7. The van der Waals surface area contributed by atoms with Crippen LogP contribution in [0.3, 0.4) is 0 Å². The number of methoxy groups -OCH3 is 1. The van der Waals surface area contributed by atoms with Gasteiger partial charge in [0.1, 0.15) is 3.32 Å². The average Bonchev–Trinajstić information content (AvgIpc) is 2.15. The molecule has 84 valence electrons. The van der Waals surface area contributed by atoms with Crippen LogP contribution in [0.5, 0.6) is 0 Å². The third kappa shape index (κ3) is 4.89. The Morgan fingerprint density at radius 2 is 1.86 bits per heavy atom. The van der Waals surface area contributed by atoms with E-state index in [1.54, 1.807) is 27.0 Å². The summed E-state index contributed by atoms with van der Waals surface area (Å²) >= 11 is 1.96. The Balaban J connectivity index is 4.54. The molecule has 0 aromatic heterocycles. The lowest BCUT2D eigenvalue weighted by molar-refractivity contribution is 0.224. The van der Waals surface area contributed by atoms with E-state index in [0.717, 1.165) is 0 Å². The van der Waals surface area contributed by atoms with E-state index in [0.29, 0.717) is 23.1 Å². The molecule has 0 aliphatic heterocycles. The molecule has 0 saturated heterocycles. The smallest absolute Gasteiger partial charge is 0.367 e. The van der Waals surface area contributed by atoms with Gasteiger partial charge in [-0.3, -0.25) is 4.57 Å². The van der Waals surface area contributed by atoms with Gasteiger partial charge in [0, 0.05) is 7.11 Å². The molecule has 4 nitrogen and oxygen atoms in total. The summed E-state index contributed by atoms with van der Waals surface area (Å²) in [5.41, 5.74) is 0. The Morgan fingerprint density at radius 3 is 2.21 bits per heavy atom. The third-order valence-corrected chi connectivity index (χ3v) is 5.39. The SMILES string of the molecule is CCOP(=O)(OCC)/C(I)=C\COC. The minimum atomic E-state index is -3.07. The Morgan fingerprint density at radius 1 is 1.36 bits per heavy atom. The molecular weight excluding hydrogens is 318 g/mol. The molecular formula is C8H16IO4P. The van der Waals surface area contributed by atoms with Crippen molar-refractivity contribution in [1.29, 1.82) is 0 Å². The molecule has 0 heterocycles. The van der Waals surface area contributed by atoms with Crippen LogP contribution in [0.15, 0.2) is 9.40 Å². The van der Waals surface area contributed by atoms with Crippen LogP contribution < -0.4 is 0 Å². The van der Waals surface area contributed by atoms with Crippen LogP contribution in [0.2, 0.25) is 0 Å². The summed E-state index contributed by atoms with van der Waals surface area (Å²) in [7, 11) is -1.50.